The topological polar surface area (TPSA) is 86.2 Å². The van der Waals surface area contributed by atoms with Crippen LogP contribution < -0.4 is 14.8 Å². The van der Waals surface area contributed by atoms with E-state index in [0.29, 0.717) is 33.0 Å². The highest BCUT2D eigenvalue weighted by atomic mass is 35.5. The van der Waals surface area contributed by atoms with Crippen LogP contribution in [0.1, 0.15) is 12.0 Å². The van der Waals surface area contributed by atoms with Crippen molar-refractivity contribution in [2.75, 3.05) is 25.3 Å². The quantitative estimate of drug-likeness (QED) is 0.259. The highest BCUT2D eigenvalue weighted by Crippen LogP contribution is 2.32. The van der Waals surface area contributed by atoms with E-state index in [9.17, 15) is 4.79 Å². The predicted octanol–water partition coefficient (Wildman–Crippen LogP) is 6.31. The van der Waals surface area contributed by atoms with Crippen molar-refractivity contribution in [3.63, 3.8) is 0 Å². The van der Waals surface area contributed by atoms with E-state index < -0.39 is 0 Å². The number of hydrogen-bond donors (Lipinski definition) is 1. The highest BCUT2D eigenvalue weighted by Gasteiger charge is 2.15. The minimum atomic E-state index is -0.106. The summed E-state index contributed by atoms with van der Waals surface area (Å²) in [5.41, 5.74) is 4.76. The normalized spacial score (nSPS) is 10.7. The average Bonchev–Trinajstić information content (AvgIpc) is 2.91. The molecule has 0 radical (unpaired) electrons. The lowest BCUT2D eigenvalue weighted by Crippen LogP contribution is -2.13. The first-order valence-electron chi connectivity index (χ1n) is 11.2. The van der Waals surface area contributed by atoms with Gasteiger partial charge in [-0.2, -0.15) is 0 Å². The summed E-state index contributed by atoms with van der Waals surface area (Å²) in [7, 11) is 3.25. The molecular weight excluding hydrogens is 496 g/mol. The Kier molecular flexibility index (Phi) is 8.40. The number of methoxy groups -OCH3 is 2. The van der Waals surface area contributed by atoms with Crippen molar-refractivity contribution < 1.29 is 14.3 Å². The zero-order valence-corrected chi connectivity index (χ0v) is 21.7. The molecule has 0 spiro atoms. The molecule has 3 aromatic carbocycles. The minimum absolute atomic E-state index is 0.106. The van der Waals surface area contributed by atoms with E-state index in [4.69, 9.17) is 26.1 Å². The number of aromatic nitrogens is 3. The Balaban J connectivity index is 1.52. The van der Waals surface area contributed by atoms with Crippen LogP contribution in [0.25, 0.3) is 22.5 Å². The lowest BCUT2D eigenvalue weighted by atomic mass is 10.0. The molecule has 7 nitrogen and oxygen atoms in total. The molecule has 4 rings (SSSR count). The van der Waals surface area contributed by atoms with Crippen LogP contribution in [0.5, 0.6) is 11.5 Å². The summed E-state index contributed by atoms with van der Waals surface area (Å²) >= 11 is 7.42. The number of hydrogen-bond acceptors (Lipinski definition) is 7. The molecule has 1 aromatic heterocycles. The summed E-state index contributed by atoms with van der Waals surface area (Å²) in [5, 5.41) is 12.8. The van der Waals surface area contributed by atoms with Gasteiger partial charge in [0, 0.05) is 34.0 Å². The van der Waals surface area contributed by atoms with Gasteiger partial charge in [0.25, 0.3) is 0 Å². The number of carbonyl (C=O) groups is 1. The van der Waals surface area contributed by atoms with Crippen molar-refractivity contribution in [2.24, 2.45) is 0 Å². The maximum Gasteiger partial charge on any atom is 0.225 e. The molecule has 184 valence electrons. The number of anilines is 1. The third-order valence-corrected chi connectivity index (χ3v) is 6.50. The summed E-state index contributed by atoms with van der Waals surface area (Å²) in [6.07, 6.45) is 0.290. The van der Waals surface area contributed by atoms with E-state index in [0.717, 1.165) is 28.2 Å². The number of rotatable bonds is 9. The summed E-state index contributed by atoms with van der Waals surface area (Å²) in [4.78, 5) is 17.3. The van der Waals surface area contributed by atoms with Crippen LogP contribution in [0.15, 0.2) is 71.9 Å². The van der Waals surface area contributed by atoms with Gasteiger partial charge in [-0.15, -0.1) is 10.2 Å². The Morgan fingerprint density at radius 1 is 0.889 bits per heavy atom. The second-order valence-electron chi connectivity index (χ2n) is 7.85. The lowest BCUT2D eigenvalue weighted by Gasteiger charge is -2.11. The van der Waals surface area contributed by atoms with Crippen molar-refractivity contribution in [1.29, 1.82) is 0 Å². The number of thioether (sulfide) groups is 1. The van der Waals surface area contributed by atoms with Crippen LogP contribution in [-0.4, -0.2) is 41.1 Å². The van der Waals surface area contributed by atoms with Crippen molar-refractivity contribution in [3.05, 3.63) is 77.3 Å². The Labute approximate surface area is 219 Å². The molecule has 0 aliphatic rings. The van der Waals surface area contributed by atoms with Gasteiger partial charge in [-0.1, -0.05) is 29.4 Å². The van der Waals surface area contributed by atoms with Gasteiger partial charge in [-0.05, 0) is 73.2 Å². The smallest absolute Gasteiger partial charge is 0.225 e. The molecule has 0 unspecified atom stereocenters. The van der Waals surface area contributed by atoms with Crippen LogP contribution in [0.4, 0.5) is 5.69 Å². The zero-order valence-electron chi connectivity index (χ0n) is 20.1. The van der Waals surface area contributed by atoms with Gasteiger partial charge < -0.3 is 14.8 Å². The van der Waals surface area contributed by atoms with Crippen molar-refractivity contribution >= 4 is 35.0 Å². The first kappa shape index (κ1) is 25.5. The average molecular weight is 521 g/mol. The van der Waals surface area contributed by atoms with E-state index in [1.807, 2.05) is 61.5 Å². The maximum absolute atomic E-state index is 12.5. The number of halogens is 1. The van der Waals surface area contributed by atoms with E-state index in [1.165, 1.54) is 11.8 Å². The summed E-state index contributed by atoms with van der Waals surface area (Å²) in [6.45, 7) is 1.92. The van der Waals surface area contributed by atoms with Gasteiger partial charge in [0.15, 0.2) is 0 Å². The second kappa shape index (κ2) is 11.9. The van der Waals surface area contributed by atoms with Crippen LogP contribution >= 0.6 is 23.4 Å². The fourth-order valence-electron chi connectivity index (χ4n) is 3.44. The molecule has 1 amide bonds. The molecule has 0 saturated carbocycles. The summed E-state index contributed by atoms with van der Waals surface area (Å²) in [6, 6.07) is 20.6. The van der Waals surface area contributed by atoms with E-state index >= 15 is 0 Å². The molecule has 0 bridgehead atoms. The van der Waals surface area contributed by atoms with Crippen LogP contribution in [-0.2, 0) is 4.79 Å². The third-order valence-electron chi connectivity index (χ3n) is 5.43. The molecule has 0 fully saturated rings. The Hall–Kier alpha value is -3.62. The second-order valence-corrected chi connectivity index (χ2v) is 9.35. The third kappa shape index (κ3) is 6.33. The summed E-state index contributed by atoms with van der Waals surface area (Å²) in [5.74, 6) is 1.90. The van der Waals surface area contributed by atoms with Gasteiger partial charge >= 0.3 is 0 Å². The standard InChI is InChI=1S/C27H25ClN4O3S/c1-17-4-9-20(28)16-23(17)29-24(33)14-15-36-27-30-25(18-5-10-21(34-2)11-6-18)26(31-32-27)19-7-12-22(35-3)13-8-19/h4-13,16H,14-15H2,1-3H3,(H,29,33). The maximum atomic E-state index is 12.5. The number of nitrogens with one attached hydrogen (secondary N) is 1. The molecule has 1 heterocycles. The molecule has 0 saturated heterocycles. The van der Waals surface area contributed by atoms with Crippen molar-refractivity contribution in [2.45, 2.75) is 18.5 Å². The number of aryl methyl sites for hydroxylation is 1. The number of amides is 1. The first-order valence-corrected chi connectivity index (χ1v) is 12.6. The van der Waals surface area contributed by atoms with E-state index in [2.05, 4.69) is 15.5 Å². The minimum Gasteiger partial charge on any atom is -0.497 e. The van der Waals surface area contributed by atoms with Gasteiger partial charge in [0.05, 0.1) is 14.2 Å². The molecule has 36 heavy (non-hydrogen) atoms. The number of benzene rings is 3. The number of nitrogens with zero attached hydrogens (tertiary/aromatic N) is 3. The van der Waals surface area contributed by atoms with Crippen molar-refractivity contribution in [1.82, 2.24) is 15.2 Å². The highest BCUT2D eigenvalue weighted by molar-refractivity contribution is 7.99. The Bertz CT molecular complexity index is 1350. The number of carbonyl (C=O) groups excluding carboxylic acids is 1. The zero-order chi connectivity index (χ0) is 25.5. The Morgan fingerprint density at radius 2 is 1.50 bits per heavy atom. The monoisotopic (exact) mass is 520 g/mol. The fourth-order valence-corrected chi connectivity index (χ4v) is 4.34. The molecular formula is C27H25ClN4O3S. The first-order chi connectivity index (χ1) is 17.5. The predicted molar refractivity (Wildman–Crippen MR) is 144 cm³/mol. The SMILES string of the molecule is COc1ccc(-c2nnc(SCCC(=O)Nc3cc(Cl)ccc3C)nc2-c2ccc(OC)cc2)cc1. The largest absolute Gasteiger partial charge is 0.497 e. The van der Waals surface area contributed by atoms with Crippen LogP contribution in [0.2, 0.25) is 5.02 Å². The molecule has 0 atom stereocenters. The van der Waals surface area contributed by atoms with E-state index in [1.54, 1.807) is 26.4 Å². The molecule has 4 aromatic rings. The van der Waals surface area contributed by atoms with Crippen LogP contribution in [0.3, 0.4) is 0 Å². The molecule has 0 aliphatic heterocycles. The van der Waals surface area contributed by atoms with E-state index in [-0.39, 0.29) is 12.3 Å². The van der Waals surface area contributed by atoms with Crippen molar-refractivity contribution in [3.8, 4) is 34.0 Å². The van der Waals surface area contributed by atoms with Crippen LogP contribution in [0, 0.1) is 6.92 Å². The van der Waals surface area contributed by atoms with Gasteiger partial charge in [-0.3, -0.25) is 4.79 Å². The summed E-state index contributed by atoms with van der Waals surface area (Å²) < 4.78 is 10.6. The molecule has 0 aliphatic carbocycles. The van der Waals surface area contributed by atoms with Gasteiger partial charge in [0.2, 0.25) is 11.1 Å². The van der Waals surface area contributed by atoms with Gasteiger partial charge in [-0.25, -0.2) is 4.98 Å². The lowest BCUT2D eigenvalue weighted by molar-refractivity contribution is -0.115. The number of ether oxygens (including phenoxy) is 2. The van der Waals surface area contributed by atoms with Gasteiger partial charge in [0.1, 0.15) is 22.9 Å². The molecule has 9 heteroatoms. The Morgan fingerprint density at radius 3 is 2.11 bits per heavy atom. The fraction of sp³-hybridized carbons (Fsp3) is 0.185. The molecule has 1 N–H and O–H groups in total.